The van der Waals surface area contributed by atoms with Crippen molar-refractivity contribution in [2.75, 3.05) is 38.1 Å². The minimum atomic E-state index is -0.510. The molecule has 0 bridgehead atoms. The van der Waals surface area contributed by atoms with Gasteiger partial charge in [-0.1, -0.05) is 16.8 Å². The van der Waals surface area contributed by atoms with E-state index in [0.717, 1.165) is 31.9 Å². The molecule has 0 aliphatic carbocycles. The Morgan fingerprint density at radius 3 is 2.46 bits per heavy atom. The second-order valence-electron chi connectivity index (χ2n) is 6.97. The van der Waals surface area contributed by atoms with Crippen LogP contribution in [-0.4, -0.2) is 54.0 Å². The molecular weight excluding hydrogens is 381 g/mol. The van der Waals surface area contributed by atoms with Crippen molar-refractivity contribution in [3.8, 4) is 5.69 Å². The van der Waals surface area contributed by atoms with Gasteiger partial charge in [-0.05, 0) is 42.5 Å². The Balaban J connectivity index is 1.50. The summed E-state index contributed by atoms with van der Waals surface area (Å²) >= 11 is 5.81. The molecule has 6 nitrogen and oxygen atoms in total. The van der Waals surface area contributed by atoms with Gasteiger partial charge in [0.15, 0.2) is 5.69 Å². The molecule has 0 unspecified atom stereocenters. The van der Waals surface area contributed by atoms with Crippen LogP contribution in [0.25, 0.3) is 5.69 Å². The summed E-state index contributed by atoms with van der Waals surface area (Å²) in [4.78, 5) is 16.6. The number of nitrogens with one attached hydrogen (secondary N) is 1. The number of rotatable bonds is 4. The average Bonchev–Trinajstić information content (AvgIpc) is 3.20. The maximum Gasteiger partial charge on any atom is 0.214 e. The van der Waals surface area contributed by atoms with Gasteiger partial charge in [0, 0.05) is 11.3 Å². The van der Waals surface area contributed by atoms with Crippen LogP contribution in [-0.2, 0) is 0 Å². The monoisotopic (exact) mass is 400 g/mol. The fraction of sp³-hybridized carbons (Fsp3) is 0.250. The predicted molar refractivity (Wildman–Crippen MR) is 105 cm³/mol. The Bertz CT molecular complexity index is 996. The first kappa shape index (κ1) is 18.6. The highest BCUT2D eigenvalue weighted by Crippen LogP contribution is 2.20. The molecule has 28 heavy (non-hydrogen) atoms. The Morgan fingerprint density at radius 2 is 1.79 bits per heavy atom. The van der Waals surface area contributed by atoms with E-state index in [-0.39, 0.29) is 16.5 Å². The molecular formula is C20H20ClFN5O+. The third-order valence-corrected chi connectivity index (χ3v) is 5.30. The molecule has 0 radical (unpaired) electrons. The summed E-state index contributed by atoms with van der Waals surface area (Å²) in [5.74, 6) is -0.725. The Kier molecular flexibility index (Phi) is 5.11. The van der Waals surface area contributed by atoms with Gasteiger partial charge in [-0.15, -0.1) is 5.10 Å². The molecule has 0 spiro atoms. The highest BCUT2D eigenvalue weighted by Gasteiger charge is 2.18. The topological polar surface area (TPSA) is 55.5 Å². The van der Waals surface area contributed by atoms with E-state index in [4.69, 9.17) is 11.6 Å². The van der Waals surface area contributed by atoms with Crippen LogP contribution in [0, 0.1) is 5.82 Å². The second-order valence-corrected chi connectivity index (χ2v) is 7.37. The molecule has 1 aliphatic rings. The molecule has 0 atom stereocenters. The zero-order valence-electron chi connectivity index (χ0n) is 15.4. The number of likely N-dealkylation sites (N-methyl/N-ethyl adjacent to an activating group) is 1. The predicted octanol–water partition coefficient (Wildman–Crippen LogP) is 1.63. The molecule has 2 heterocycles. The van der Waals surface area contributed by atoms with Crippen LogP contribution in [0.4, 0.5) is 10.1 Å². The van der Waals surface area contributed by atoms with Crippen molar-refractivity contribution < 1.29 is 14.1 Å². The molecule has 144 valence electrons. The first-order valence-corrected chi connectivity index (χ1v) is 9.48. The number of piperazine rings is 1. The largest absolute Gasteiger partial charge is 0.360 e. The van der Waals surface area contributed by atoms with Gasteiger partial charge in [-0.3, -0.25) is 4.79 Å². The van der Waals surface area contributed by atoms with Crippen molar-refractivity contribution in [1.82, 2.24) is 15.0 Å². The van der Waals surface area contributed by atoms with Crippen LogP contribution < -0.4 is 9.80 Å². The summed E-state index contributed by atoms with van der Waals surface area (Å²) in [6, 6.07) is 11.8. The number of ketones is 1. The number of carbonyl (C=O) groups excluding carboxylic acids is 1. The van der Waals surface area contributed by atoms with Gasteiger partial charge in [-0.25, -0.2) is 9.07 Å². The molecule has 4 rings (SSSR count). The lowest BCUT2D eigenvalue weighted by molar-refractivity contribution is -0.880. The van der Waals surface area contributed by atoms with Gasteiger partial charge in [0.25, 0.3) is 0 Å². The summed E-state index contributed by atoms with van der Waals surface area (Å²) in [5.41, 5.74) is 2.42. The summed E-state index contributed by atoms with van der Waals surface area (Å²) in [6.45, 7) is 4.23. The van der Waals surface area contributed by atoms with Crippen LogP contribution in [0.1, 0.15) is 16.1 Å². The SMILES string of the molecule is C[NH+]1CCN(c2ccc(C(=O)c3cn(-c4ccc(F)c(Cl)c4)nn3)cc2)CC1. The number of hydrogen-bond donors (Lipinski definition) is 1. The molecule has 1 saturated heterocycles. The molecule has 0 saturated carbocycles. The Labute approximate surface area is 167 Å². The van der Waals surface area contributed by atoms with E-state index in [1.165, 1.54) is 34.0 Å². The maximum atomic E-state index is 13.3. The minimum absolute atomic E-state index is 0.0121. The third-order valence-electron chi connectivity index (χ3n) is 5.01. The lowest BCUT2D eigenvalue weighted by Gasteiger charge is -2.31. The van der Waals surface area contributed by atoms with E-state index in [2.05, 4.69) is 22.3 Å². The third kappa shape index (κ3) is 3.76. The Hall–Kier alpha value is -2.77. The van der Waals surface area contributed by atoms with Crippen molar-refractivity contribution in [3.63, 3.8) is 0 Å². The lowest BCUT2D eigenvalue weighted by Crippen LogP contribution is -3.12. The summed E-state index contributed by atoms with van der Waals surface area (Å²) in [7, 11) is 2.20. The molecule has 1 aliphatic heterocycles. The standard InChI is InChI=1S/C20H19ClFN5O/c1-25-8-10-26(11-9-25)15-4-2-14(3-5-15)20(28)19-13-27(24-23-19)16-6-7-18(22)17(21)12-16/h2-7,12-13H,8-11H2,1H3/p+1. The summed E-state index contributed by atoms with van der Waals surface area (Å²) < 4.78 is 14.7. The normalized spacial score (nSPS) is 15.0. The van der Waals surface area contributed by atoms with Gasteiger partial charge < -0.3 is 9.80 Å². The number of quaternary nitrogens is 1. The number of aromatic nitrogens is 3. The van der Waals surface area contributed by atoms with Crippen LogP contribution >= 0.6 is 11.6 Å². The quantitative estimate of drug-likeness (QED) is 0.676. The summed E-state index contributed by atoms with van der Waals surface area (Å²) in [5, 5.41) is 7.90. The van der Waals surface area contributed by atoms with E-state index < -0.39 is 5.82 Å². The fourth-order valence-corrected chi connectivity index (χ4v) is 3.41. The lowest BCUT2D eigenvalue weighted by atomic mass is 10.1. The molecule has 0 amide bonds. The fourth-order valence-electron chi connectivity index (χ4n) is 3.24. The number of nitrogens with zero attached hydrogens (tertiary/aromatic N) is 4. The smallest absolute Gasteiger partial charge is 0.214 e. The van der Waals surface area contributed by atoms with E-state index in [0.29, 0.717) is 11.3 Å². The van der Waals surface area contributed by atoms with Crippen molar-refractivity contribution in [2.45, 2.75) is 0 Å². The van der Waals surface area contributed by atoms with Crippen LogP contribution in [0.15, 0.2) is 48.7 Å². The molecule has 3 aromatic rings. The molecule has 1 N–H and O–H groups in total. The molecule has 1 fully saturated rings. The van der Waals surface area contributed by atoms with Gasteiger partial charge in [0.2, 0.25) is 5.78 Å². The number of halogens is 2. The maximum absolute atomic E-state index is 13.3. The van der Waals surface area contributed by atoms with Gasteiger partial charge in [0.1, 0.15) is 5.82 Å². The van der Waals surface area contributed by atoms with E-state index in [9.17, 15) is 9.18 Å². The first-order valence-electron chi connectivity index (χ1n) is 9.10. The van der Waals surface area contributed by atoms with Crippen molar-refractivity contribution in [2.24, 2.45) is 0 Å². The molecule has 2 aromatic carbocycles. The van der Waals surface area contributed by atoms with Gasteiger partial charge in [0.05, 0.1) is 50.1 Å². The zero-order chi connectivity index (χ0) is 19.7. The number of hydrogen-bond acceptors (Lipinski definition) is 4. The molecule has 1 aromatic heterocycles. The van der Waals surface area contributed by atoms with E-state index in [1.807, 2.05) is 24.3 Å². The highest BCUT2D eigenvalue weighted by atomic mass is 35.5. The zero-order valence-corrected chi connectivity index (χ0v) is 16.2. The van der Waals surface area contributed by atoms with Crippen LogP contribution in [0.5, 0.6) is 0 Å². The van der Waals surface area contributed by atoms with Crippen molar-refractivity contribution >= 4 is 23.1 Å². The van der Waals surface area contributed by atoms with Crippen molar-refractivity contribution in [3.05, 3.63) is 70.8 Å². The second kappa shape index (κ2) is 7.69. The average molecular weight is 401 g/mol. The first-order chi connectivity index (χ1) is 13.5. The van der Waals surface area contributed by atoms with E-state index >= 15 is 0 Å². The van der Waals surface area contributed by atoms with E-state index in [1.54, 1.807) is 0 Å². The molecule has 8 heteroatoms. The number of anilines is 1. The minimum Gasteiger partial charge on any atom is -0.360 e. The van der Waals surface area contributed by atoms with Crippen LogP contribution in [0.3, 0.4) is 0 Å². The number of carbonyl (C=O) groups is 1. The van der Waals surface area contributed by atoms with Gasteiger partial charge >= 0.3 is 0 Å². The summed E-state index contributed by atoms with van der Waals surface area (Å²) in [6.07, 6.45) is 1.52. The van der Waals surface area contributed by atoms with Gasteiger partial charge in [-0.2, -0.15) is 0 Å². The van der Waals surface area contributed by atoms with Crippen molar-refractivity contribution in [1.29, 1.82) is 0 Å². The number of benzene rings is 2. The highest BCUT2D eigenvalue weighted by molar-refractivity contribution is 6.30. The van der Waals surface area contributed by atoms with Crippen LogP contribution in [0.2, 0.25) is 5.02 Å². The Morgan fingerprint density at radius 1 is 1.11 bits per heavy atom.